The van der Waals surface area contributed by atoms with Gasteiger partial charge in [0, 0.05) is 6.07 Å². The second-order valence-corrected chi connectivity index (χ2v) is 7.98. The number of nitrogens with one attached hydrogen (secondary N) is 2. The van der Waals surface area contributed by atoms with E-state index < -0.39 is 31.7 Å². The van der Waals surface area contributed by atoms with Crippen LogP contribution in [0.15, 0.2) is 52.3 Å². The molecule has 0 atom stereocenters. The average Bonchev–Trinajstić information content (AvgIpc) is 2.51. The standard InChI is InChI=1S/C13H12F2N2O4S2/c1-16-22(18,19)10-3-5-11(6-4-10)23(20,21)17-9-2-7-12(14)13(15)8-9/h2-8,16-17H,1H3. The Morgan fingerprint density at radius 3 is 1.78 bits per heavy atom. The van der Waals surface area contributed by atoms with Gasteiger partial charge in [-0.2, -0.15) is 0 Å². The molecule has 0 spiro atoms. The van der Waals surface area contributed by atoms with Gasteiger partial charge in [-0.15, -0.1) is 0 Å². The zero-order valence-electron chi connectivity index (χ0n) is 11.7. The number of benzene rings is 2. The van der Waals surface area contributed by atoms with Crippen LogP contribution >= 0.6 is 0 Å². The first-order chi connectivity index (χ1) is 10.7. The van der Waals surface area contributed by atoms with Gasteiger partial charge in [0.25, 0.3) is 10.0 Å². The van der Waals surface area contributed by atoms with E-state index in [0.717, 1.165) is 36.4 Å². The van der Waals surface area contributed by atoms with Gasteiger partial charge >= 0.3 is 0 Å². The van der Waals surface area contributed by atoms with Crippen LogP contribution in [0.3, 0.4) is 0 Å². The lowest BCUT2D eigenvalue weighted by Crippen LogP contribution is -2.19. The van der Waals surface area contributed by atoms with Crippen molar-refractivity contribution in [1.82, 2.24) is 4.72 Å². The highest BCUT2D eigenvalue weighted by atomic mass is 32.2. The highest BCUT2D eigenvalue weighted by Gasteiger charge is 2.17. The molecule has 0 amide bonds. The second-order valence-electron chi connectivity index (χ2n) is 4.41. The van der Waals surface area contributed by atoms with E-state index in [1.807, 2.05) is 0 Å². The molecule has 6 nitrogen and oxygen atoms in total. The Labute approximate surface area is 132 Å². The van der Waals surface area contributed by atoms with Gasteiger partial charge in [0.05, 0.1) is 15.5 Å². The van der Waals surface area contributed by atoms with Gasteiger partial charge in [0.15, 0.2) is 11.6 Å². The van der Waals surface area contributed by atoms with Crippen molar-refractivity contribution in [2.24, 2.45) is 0 Å². The normalized spacial score (nSPS) is 12.1. The molecule has 0 fully saturated rings. The molecular formula is C13H12F2N2O4S2. The first-order valence-corrected chi connectivity index (χ1v) is 9.14. The summed E-state index contributed by atoms with van der Waals surface area (Å²) in [7, 11) is -6.53. The minimum Gasteiger partial charge on any atom is -0.280 e. The molecule has 0 saturated carbocycles. The van der Waals surface area contributed by atoms with Crippen molar-refractivity contribution in [2.45, 2.75) is 9.79 Å². The molecule has 0 aliphatic heterocycles. The van der Waals surface area contributed by atoms with Crippen molar-refractivity contribution in [3.63, 3.8) is 0 Å². The van der Waals surface area contributed by atoms with Crippen LogP contribution in [0, 0.1) is 11.6 Å². The predicted molar refractivity (Wildman–Crippen MR) is 79.9 cm³/mol. The van der Waals surface area contributed by atoms with Crippen LogP contribution in [0.2, 0.25) is 0 Å². The van der Waals surface area contributed by atoms with Crippen LogP contribution in [0.4, 0.5) is 14.5 Å². The summed E-state index contributed by atoms with van der Waals surface area (Å²) in [5, 5.41) is 0. The molecule has 2 N–H and O–H groups in total. The van der Waals surface area contributed by atoms with Crippen LogP contribution < -0.4 is 9.44 Å². The van der Waals surface area contributed by atoms with Crippen molar-refractivity contribution in [2.75, 3.05) is 11.8 Å². The van der Waals surface area contributed by atoms with E-state index in [-0.39, 0.29) is 15.5 Å². The Hall–Kier alpha value is -2.04. The van der Waals surface area contributed by atoms with E-state index in [1.165, 1.54) is 7.05 Å². The van der Waals surface area contributed by atoms with Crippen LogP contribution in [0.5, 0.6) is 0 Å². The Bertz CT molecular complexity index is 927. The van der Waals surface area contributed by atoms with Gasteiger partial charge in [-0.25, -0.2) is 30.3 Å². The van der Waals surface area contributed by atoms with Crippen molar-refractivity contribution in [1.29, 1.82) is 0 Å². The van der Waals surface area contributed by atoms with Gasteiger partial charge in [-0.05, 0) is 43.4 Å². The summed E-state index contributed by atoms with van der Waals surface area (Å²) in [6, 6.07) is 6.97. The third kappa shape index (κ3) is 3.84. The van der Waals surface area contributed by atoms with E-state index >= 15 is 0 Å². The van der Waals surface area contributed by atoms with Crippen LogP contribution in [0.25, 0.3) is 0 Å². The second kappa shape index (κ2) is 6.22. The Morgan fingerprint density at radius 1 is 0.783 bits per heavy atom. The van der Waals surface area contributed by atoms with E-state index in [4.69, 9.17) is 0 Å². The summed E-state index contributed by atoms with van der Waals surface area (Å²) in [6.45, 7) is 0. The average molecular weight is 362 g/mol. The zero-order chi connectivity index (χ0) is 17.3. The van der Waals surface area contributed by atoms with Crippen LogP contribution in [0.1, 0.15) is 0 Å². The fourth-order valence-electron chi connectivity index (χ4n) is 1.69. The molecule has 2 aromatic rings. The molecule has 0 unspecified atom stereocenters. The molecule has 0 aromatic heterocycles. The first-order valence-electron chi connectivity index (χ1n) is 6.17. The molecule has 0 saturated heterocycles. The Morgan fingerprint density at radius 2 is 1.30 bits per heavy atom. The third-order valence-corrected chi connectivity index (χ3v) is 5.71. The van der Waals surface area contributed by atoms with Crippen molar-refractivity contribution >= 4 is 25.7 Å². The molecule has 23 heavy (non-hydrogen) atoms. The summed E-state index contributed by atoms with van der Waals surface area (Å²) >= 11 is 0. The number of hydrogen-bond donors (Lipinski definition) is 2. The summed E-state index contributed by atoms with van der Waals surface area (Å²) in [5.41, 5.74) is -0.157. The van der Waals surface area contributed by atoms with Gasteiger partial charge in [0.2, 0.25) is 10.0 Å². The quantitative estimate of drug-likeness (QED) is 0.846. The summed E-state index contributed by atoms with van der Waals surface area (Å²) in [6.07, 6.45) is 0. The topological polar surface area (TPSA) is 92.3 Å². The molecule has 2 aromatic carbocycles. The van der Waals surface area contributed by atoms with E-state index in [9.17, 15) is 25.6 Å². The monoisotopic (exact) mass is 362 g/mol. The van der Waals surface area contributed by atoms with Gasteiger partial charge in [-0.3, -0.25) is 4.72 Å². The van der Waals surface area contributed by atoms with E-state index in [0.29, 0.717) is 6.07 Å². The molecule has 0 aliphatic rings. The molecule has 0 heterocycles. The Kier molecular flexibility index (Phi) is 4.68. The number of sulfonamides is 2. The number of halogens is 2. The maximum absolute atomic E-state index is 13.1. The number of rotatable bonds is 5. The minimum atomic E-state index is -4.07. The third-order valence-electron chi connectivity index (χ3n) is 2.88. The highest BCUT2D eigenvalue weighted by molar-refractivity contribution is 7.92. The number of hydrogen-bond acceptors (Lipinski definition) is 4. The van der Waals surface area contributed by atoms with Gasteiger partial charge in [0.1, 0.15) is 0 Å². The van der Waals surface area contributed by atoms with Gasteiger partial charge in [-0.1, -0.05) is 0 Å². The van der Waals surface area contributed by atoms with Crippen molar-refractivity contribution < 1.29 is 25.6 Å². The van der Waals surface area contributed by atoms with E-state index in [2.05, 4.69) is 9.44 Å². The van der Waals surface area contributed by atoms with E-state index in [1.54, 1.807) is 0 Å². The smallest absolute Gasteiger partial charge is 0.261 e. The molecule has 0 radical (unpaired) electrons. The lowest BCUT2D eigenvalue weighted by atomic mass is 10.3. The fourth-order valence-corrected chi connectivity index (χ4v) is 3.47. The predicted octanol–water partition coefficient (Wildman–Crippen LogP) is 1.67. The van der Waals surface area contributed by atoms with Crippen LogP contribution in [-0.2, 0) is 20.0 Å². The summed E-state index contributed by atoms with van der Waals surface area (Å²) < 4.78 is 77.5. The largest absolute Gasteiger partial charge is 0.280 e. The minimum absolute atomic E-state index is 0.105. The lowest BCUT2D eigenvalue weighted by molar-refractivity contribution is 0.509. The molecule has 0 aliphatic carbocycles. The zero-order valence-corrected chi connectivity index (χ0v) is 13.4. The summed E-state index contributed by atoms with van der Waals surface area (Å²) in [4.78, 5) is -0.330. The SMILES string of the molecule is CNS(=O)(=O)c1ccc(S(=O)(=O)Nc2ccc(F)c(F)c2)cc1. The fraction of sp³-hybridized carbons (Fsp3) is 0.0769. The molecule has 2 rings (SSSR count). The first kappa shape index (κ1) is 17.3. The maximum atomic E-state index is 13.1. The molecular weight excluding hydrogens is 350 g/mol. The molecule has 124 valence electrons. The molecule has 10 heteroatoms. The Balaban J connectivity index is 2.31. The lowest BCUT2D eigenvalue weighted by Gasteiger charge is -2.09. The van der Waals surface area contributed by atoms with Crippen LogP contribution in [-0.4, -0.2) is 23.9 Å². The highest BCUT2D eigenvalue weighted by Crippen LogP contribution is 2.19. The van der Waals surface area contributed by atoms with Crippen molar-refractivity contribution in [3.05, 3.63) is 54.1 Å². The van der Waals surface area contributed by atoms with Crippen molar-refractivity contribution in [3.8, 4) is 0 Å². The maximum Gasteiger partial charge on any atom is 0.261 e. The summed E-state index contributed by atoms with van der Waals surface area (Å²) in [5.74, 6) is -2.30. The number of anilines is 1. The van der Waals surface area contributed by atoms with Gasteiger partial charge < -0.3 is 0 Å². The molecule has 0 bridgehead atoms.